The van der Waals surface area contributed by atoms with Crippen molar-refractivity contribution in [1.29, 1.82) is 0 Å². The number of benzene rings is 1. The molecule has 1 atom stereocenters. The van der Waals surface area contributed by atoms with E-state index in [1.807, 2.05) is 31.2 Å². The molecule has 0 spiro atoms. The number of hydrogen-bond acceptors (Lipinski definition) is 6. The van der Waals surface area contributed by atoms with E-state index >= 15 is 0 Å². The molecule has 2 amide bonds. The Balaban J connectivity index is 1.90. The Hall–Kier alpha value is -3.23. The van der Waals surface area contributed by atoms with E-state index in [1.54, 1.807) is 13.8 Å². The quantitative estimate of drug-likeness (QED) is 0.778. The minimum atomic E-state index is -0.484. The first-order chi connectivity index (χ1) is 12.5. The first-order valence-corrected chi connectivity index (χ1v) is 8.31. The highest BCUT2D eigenvalue weighted by Gasteiger charge is 2.30. The number of ether oxygens (including phenoxy) is 1. The minimum absolute atomic E-state index is 0.102. The SMILES string of the molecule is CCOC(=O)C1=C(Cn2nnc(-c3ccccc3C)n2)NC(=O)N[C@@H]1C. The summed E-state index contributed by atoms with van der Waals surface area (Å²) in [6, 6.07) is 6.85. The summed E-state index contributed by atoms with van der Waals surface area (Å²) in [5.74, 6) is -0.00330. The van der Waals surface area contributed by atoms with Gasteiger partial charge < -0.3 is 15.4 Å². The summed E-state index contributed by atoms with van der Waals surface area (Å²) < 4.78 is 5.09. The van der Waals surface area contributed by atoms with Gasteiger partial charge in [0.15, 0.2) is 0 Å². The van der Waals surface area contributed by atoms with Gasteiger partial charge in [-0.25, -0.2) is 9.59 Å². The Morgan fingerprint density at radius 1 is 1.35 bits per heavy atom. The molecule has 1 aliphatic heterocycles. The lowest BCUT2D eigenvalue weighted by Gasteiger charge is -2.26. The fraction of sp³-hybridized carbons (Fsp3) is 0.353. The Morgan fingerprint density at radius 3 is 2.85 bits per heavy atom. The summed E-state index contributed by atoms with van der Waals surface area (Å²) in [6.45, 7) is 5.76. The van der Waals surface area contributed by atoms with Crippen LogP contribution < -0.4 is 10.6 Å². The summed E-state index contributed by atoms with van der Waals surface area (Å²) in [6.07, 6.45) is 0. The first-order valence-electron chi connectivity index (χ1n) is 8.31. The highest BCUT2D eigenvalue weighted by Crippen LogP contribution is 2.19. The lowest BCUT2D eigenvalue weighted by atomic mass is 10.0. The van der Waals surface area contributed by atoms with E-state index in [-0.39, 0.29) is 19.2 Å². The van der Waals surface area contributed by atoms with Gasteiger partial charge in [-0.3, -0.25) is 0 Å². The lowest BCUT2D eigenvalue weighted by molar-refractivity contribution is -0.139. The molecule has 1 aromatic heterocycles. The normalized spacial score (nSPS) is 16.9. The molecule has 1 aliphatic rings. The van der Waals surface area contributed by atoms with E-state index in [0.717, 1.165) is 11.1 Å². The Kier molecular flexibility index (Phi) is 4.97. The average molecular weight is 356 g/mol. The number of rotatable bonds is 5. The van der Waals surface area contributed by atoms with Crippen molar-refractivity contribution in [3.63, 3.8) is 0 Å². The van der Waals surface area contributed by atoms with Crippen molar-refractivity contribution < 1.29 is 14.3 Å². The van der Waals surface area contributed by atoms with Gasteiger partial charge in [-0.2, -0.15) is 4.80 Å². The number of hydrogen-bond donors (Lipinski definition) is 2. The number of amides is 2. The van der Waals surface area contributed by atoms with Crippen LogP contribution in [-0.4, -0.2) is 44.9 Å². The third kappa shape index (κ3) is 3.56. The van der Waals surface area contributed by atoms with E-state index in [2.05, 4.69) is 26.0 Å². The zero-order valence-corrected chi connectivity index (χ0v) is 14.8. The minimum Gasteiger partial charge on any atom is -0.463 e. The number of carbonyl (C=O) groups excluding carboxylic acids is 2. The van der Waals surface area contributed by atoms with Gasteiger partial charge in [0.25, 0.3) is 0 Å². The molecule has 2 heterocycles. The number of nitrogens with one attached hydrogen (secondary N) is 2. The maximum atomic E-state index is 12.3. The number of esters is 1. The lowest BCUT2D eigenvalue weighted by Crippen LogP contribution is -2.50. The fourth-order valence-corrected chi connectivity index (χ4v) is 2.79. The predicted molar refractivity (Wildman–Crippen MR) is 92.8 cm³/mol. The van der Waals surface area contributed by atoms with Gasteiger partial charge in [-0.15, -0.1) is 10.2 Å². The molecule has 0 saturated heterocycles. The molecule has 0 unspecified atom stereocenters. The van der Waals surface area contributed by atoms with Crippen LogP contribution in [0, 0.1) is 6.92 Å². The smallest absolute Gasteiger partial charge is 0.337 e. The van der Waals surface area contributed by atoms with Crippen LogP contribution in [0.15, 0.2) is 35.5 Å². The molecule has 0 aliphatic carbocycles. The van der Waals surface area contributed by atoms with Gasteiger partial charge in [0.2, 0.25) is 5.82 Å². The summed E-state index contributed by atoms with van der Waals surface area (Å²) in [4.78, 5) is 25.4. The number of tetrazole rings is 1. The van der Waals surface area contributed by atoms with Crippen LogP contribution in [0.2, 0.25) is 0 Å². The number of aromatic nitrogens is 4. The van der Waals surface area contributed by atoms with Crippen molar-refractivity contribution in [1.82, 2.24) is 30.8 Å². The molecule has 9 heteroatoms. The van der Waals surface area contributed by atoms with E-state index in [1.165, 1.54) is 4.80 Å². The Bertz CT molecular complexity index is 873. The van der Waals surface area contributed by atoms with Gasteiger partial charge in [-0.1, -0.05) is 24.3 Å². The molecule has 0 radical (unpaired) electrons. The largest absolute Gasteiger partial charge is 0.463 e. The van der Waals surface area contributed by atoms with Crippen LogP contribution >= 0.6 is 0 Å². The number of urea groups is 1. The van der Waals surface area contributed by atoms with Crippen LogP contribution in [-0.2, 0) is 16.1 Å². The molecule has 0 fully saturated rings. The maximum absolute atomic E-state index is 12.3. The second-order valence-electron chi connectivity index (χ2n) is 5.89. The summed E-state index contributed by atoms with van der Waals surface area (Å²) >= 11 is 0. The Labute approximate surface area is 150 Å². The number of aryl methyl sites for hydroxylation is 1. The monoisotopic (exact) mass is 356 g/mol. The van der Waals surface area contributed by atoms with E-state index in [0.29, 0.717) is 17.1 Å². The van der Waals surface area contributed by atoms with Crippen molar-refractivity contribution in [3.8, 4) is 11.4 Å². The van der Waals surface area contributed by atoms with Crippen LogP contribution in [0.25, 0.3) is 11.4 Å². The highest BCUT2D eigenvalue weighted by atomic mass is 16.5. The summed E-state index contributed by atoms with van der Waals surface area (Å²) in [7, 11) is 0. The van der Waals surface area contributed by atoms with Crippen LogP contribution in [0.5, 0.6) is 0 Å². The molecular weight excluding hydrogens is 336 g/mol. The molecule has 136 valence electrons. The number of allylic oxidation sites excluding steroid dienone is 1. The van der Waals surface area contributed by atoms with Gasteiger partial charge >= 0.3 is 12.0 Å². The fourth-order valence-electron chi connectivity index (χ4n) is 2.79. The van der Waals surface area contributed by atoms with Crippen molar-refractivity contribution in [3.05, 3.63) is 41.1 Å². The van der Waals surface area contributed by atoms with Gasteiger partial charge in [0, 0.05) is 5.56 Å². The Morgan fingerprint density at radius 2 is 2.12 bits per heavy atom. The highest BCUT2D eigenvalue weighted by molar-refractivity contribution is 5.94. The zero-order chi connectivity index (χ0) is 18.7. The van der Waals surface area contributed by atoms with E-state index in [4.69, 9.17) is 4.74 Å². The third-order valence-electron chi connectivity index (χ3n) is 4.00. The standard InChI is InChI=1S/C17H20N6O3/c1-4-26-16(24)14-11(3)18-17(25)19-13(14)9-23-21-15(20-22-23)12-8-6-5-7-10(12)2/h5-8,11H,4,9H2,1-3H3,(H2,18,19,25)/t11-/m1/s1. The van der Waals surface area contributed by atoms with Crippen molar-refractivity contribution >= 4 is 12.0 Å². The van der Waals surface area contributed by atoms with Crippen molar-refractivity contribution in [2.45, 2.75) is 33.4 Å². The first kappa shape index (κ1) is 17.6. The number of carbonyl (C=O) groups is 2. The van der Waals surface area contributed by atoms with Crippen LogP contribution in [0.3, 0.4) is 0 Å². The van der Waals surface area contributed by atoms with Crippen LogP contribution in [0.1, 0.15) is 19.4 Å². The van der Waals surface area contributed by atoms with Crippen molar-refractivity contribution in [2.24, 2.45) is 0 Å². The maximum Gasteiger partial charge on any atom is 0.337 e. The van der Waals surface area contributed by atoms with Crippen LogP contribution in [0.4, 0.5) is 4.79 Å². The average Bonchev–Trinajstić information content (AvgIpc) is 3.03. The third-order valence-corrected chi connectivity index (χ3v) is 4.00. The molecule has 3 rings (SSSR count). The molecule has 1 aromatic carbocycles. The summed E-state index contributed by atoms with van der Waals surface area (Å²) in [5, 5.41) is 17.8. The molecule has 26 heavy (non-hydrogen) atoms. The molecule has 0 bridgehead atoms. The van der Waals surface area contributed by atoms with Gasteiger partial charge in [0.05, 0.1) is 23.9 Å². The van der Waals surface area contributed by atoms with E-state index < -0.39 is 12.0 Å². The van der Waals surface area contributed by atoms with E-state index in [9.17, 15) is 9.59 Å². The number of nitrogens with zero attached hydrogens (tertiary/aromatic N) is 4. The zero-order valence-electron chi connectivity index (χ0n) is 14.8. The molecule has 0 saturated carbocycles. The predicted octanol–water partition coefficient (Wildman–Crippen LogP) is 1.17. The molecule has 2 N–H and O–H groups in total. The molecule has 2 aromatic rings. The van der Waals surface area contributed by atoms with Crippen molar-refractivity contribution in [2.75, 3.05) is 6.61 Å². The molecule has 9 nitrogen and oxygen atoms in total. The molecular formula is C17H20N6O3. The van der Waals surface area contributed by atoms with Gasteiger partial charge in [-0.05, 0) is 31.5 Å². The topological polar surface area (TPSA) is 111 Å². The van der Waals surface area contributed by atoms with Gasteiger partial charge in [0.1, 0.15) is 6.54 Å². The second-order valence-corrected chi connectivity index (χ2v) is 5.89. The summed E-state index contributed by atoms with van der Waals surface area (Å²) in [5.41, 5.74) is 2.65. The second kappa shape index (κ2) is 7.34.